The zero-order chi connectivity index (χ0) is 12.0. The Bertz CT molecular complexity index is 426. The number of nitrogens with one attached hydrogen (secondary N) is 1. The molecular formula is C11H11FN2O2. The van der Waals surface area contributed by atoms with Gasteiger partial charge in [0.2, 0.25) is 5.91 Å². The third kappa shape index (κ3) is 3.24. The van der Waals surface area contributed by atoms with Gasteiger partial charge >= 0.3 is 0 Å². The molecule has 5 heteroatoms. The second-order valence-corrected chi connectivity index (χ2v) is 3.06. The molecule has 0 aliphatic rings. The Morgan fingerprint density at radius 2 is 2.38 bits per heavy atom. The Kier molecular flexibility index (Phi) is 4.28. The Labute approximate surface area is 92.6 Å². The molecule has 1 amide bonds. The molecule has 0 unspecified atom stereocenters. The number of hydrogen-bond donors (Lipinski definition) is 1. The normalized spacial score (nSPS) is 9.31. The van der Waals surface area contributed by atoms with E-state index in [4.69, 9.17) is 10.00 Å². The van der Waals surface area contributed by atoms with E-state index >= 15 is 0 Å². The predicted octanol–water partition coefficient (Wildman–Crippen LogP) is 2.08. The van der Waals surface area contributed by atoms with E-state index in [0.717, 1.165) is 0 Å². The van der Waals surface area contributed by atoms with Crippen LogP contribution in [0.2, 0.25) is 0 Å². The first-order valence-corrected chi connectivity index (χ1v) is 4.67. The molecule has 1 aromatic carbocycles. The third-order valence-electron chi connectivity index (χ3n) is 1.90. The molecule has 84 valence electrons. The van der Waals surface area contributed by atoms with E-state index in [0.29, 0.717) is 5.69 Å². The summed E-state index contributed by atoms with van der Waals surface area (Å²) >= 11 is 0. The first-order valence-electron chi connectivity index (χ1n) is 4.67. The van der Waals surface area contributed by atoms with Crippen molar-refractivity contribution in [2.45, 2.75) is 12.8 Å². The van der Waals surface area contributed by atoms with Gasteiger partial charge in [0.15, 0.2) is 11.6 Å². The van der Waals surface area contributed by atoms with Crippen molar-refractivity contribution in [2.75, 3.05) is 12.4 Å². The fourth-order valence-electron chi connectivity index (χ4n) is 1.14. The Hall–Kier alpha value is -2.09. The highest BCUT2D eigenvalue weighted by Crippen LogP contribution is 2.20. The molecule has 0 fully saturated rings. The quantitative estimate of drug-likeness (QED) is 0.848. The Morgan fingerprint density at radius 3 is 2.94 bits per heavy atom. The smallest absolute Gasteiger partial charge is 0.225 e. The average molecular weight is 222 g/mol. The second kappa shape index (κ2) is 5.71. The van der Waals surface area contributed by atoms with E-state index in [1.165, 1.54) is 25.3 Å². The number of hydrogen-bond acceptors (Lipinski definition) is 3. The summed E-state index contributed by atoms with van der Waals surface area (Å²) in [6.45, 7) is 0. The van der Waals surface area contributed by atoms with Gasteiger partial charge in [0, 0.05) is 24.6 Å². The molecule has 0 aliphatic carbocycles. The van der Waals surface area contributed by atoms with E-state index in [1.54, 1.807) is 0 Å². The van der Waals surface area contributed by atoms with Crippen LogP contribution in [0.25, 0.3) is 0 Å². The summed E-state index contributed by atoms with van der Waals surface area (Å²) in [5.74, 6) is -0.735. The minimum Gasteiger partial charge on any atom is -0.494 e. The molecule has 0 atom stereocenters. The maximum absolute atomic E-state index is 13.2. The lowest BCUT2D eigenvalue weighted by Crippen LogP contribution is -2.10. The van der Waals surface area contributed by atoms with Crippen LogP contribution in [0.1, 0.15) is 12.8 Å². The zero-order valence-electron chi connectivity index (χ0n) is 8.79. The van der Waals surface area contributed by atoms with Gasteiger partial charge in [0.25, 0.3) is 0 Å². The van der Waals surface area contributed by atoms with Crippen LogP contribution < -0.4 is 10.1 Å². The number of benzene rings is 1. The van der Waals surface area contributed by atoms with Crippen LogP contribution >= 0.6 is 0 Å². The largest absolute Gasteiger partial charge is 0.494 e. The molecule has 1 N–H and O–H groups in total. The molecule has 0 aromatic heterocycles. The zero-order valence-corrected chi connectivity index (χ0v) is 8.79. The monoisotopic (exact) mass is 222 g/mol. The number of amides is 1. The number of nitrogens with zero attached hydrogens (tertiary/aromatic N) is 1. The van der Waals surface area contributed by atoms with E-state index < -0.39 is 5.82 Å². The van der Waals surface area contributed by atoms with Gasteiger partial charge in [-0.05, 0) is 12.1 Å². The summed E-state index contributed by atoms with van der Waals surface area (Å²) in [5, 5.41) is 10.8. The van der Waals surface area contributed by atoms with Crippen molar-refractivity contribution in [1.82, 2.24) is 0 Å². The third-order valence-corrected chi connectivity index (χ3v) is 1.90. The predicted molar refractivity (Wildman–Crippen MR) is 56.4 cm³/mol. The van der Waals surface area contributed by atoms with Crippen LogP contribution in [0, 0.1) is 17.1 Å². The van der Waals surface area contributed by atoms with Crippen LogP contribution in [0.3, 0.4) is 0 Å². The lowest BCUT2D eigenvalue weighted by molar-refractivity contribution is -0.116. The van der Waals surface area contributed by atoms with E-state index in [1.807, 2.05) is 6.07 Å². The highest BCUT2D eigenvalue weighted by molar-refractivity contribution is 5.90. The van der Waals surface area contributed by atoms with Crippen molar-refractivity contribution in [3.8, 4) is 11.8 Å². The van der Waals surface area contributed by atoms with Gasteiger partial charge in [-0.3, -0.25) is 4.79 Å². The summed E-state index contributed by atoms with van der Waals surface area (Å²) in [6.07, 6.45) is 0.245. The molecule has 0 aliphatic heterocycles. The molecule has 1 rings (SSSR count). The average Bonchev–Trinajstić information content (AvgIpc) is 2.26. The fraction of sp³-hybridized carbons (Fsp3) is 0.273. The van der Waals surface area contributed by atoms with Crippen LogP contribution in [-0.2, 0) is 4.79 Å². The van der Waals surface area contributed by atoms with Gasteiger partial charge in [-0.1, -0.05) is 0 Å². The van der Waals surface area contributed by atoms with Gasteiger partial charge in [0.05, 0.1) is 13.2 Å². The molecule has 0 saturated heterocycles. The van der Waals surface area contributed by atoms with E-state index in [2.05, 4.69) is 5.32 Å². The molecule has 1 aromatic rings. The van der Waals surface area contributed by atoms with Crippen molar-refractivity contribution in [3.05, 3.63) is 24.0 Å². The first kappa shape index (κ1) is 12.0. The lowest BCUT2D eigenvalue weighted by atomic mass is 10.2. The van der Waals surface area contributed by atoms with Crippen molar-refractivity contribution >= 4 is 11.6 Å². The molecule has 0 bridgehead atoms. The summed E-state index contributed by atoms with van der Waals surface area (Å²) < 4.78 is 18.0. The van der Waals surface area contributed by atoms with Crippen molar-refractivity contribution in [3.63, 3.8) is 0 Å². The number of carbonyl (C=O) groups is 1. The standard InChI is InChI=1S/C11H11FN2O2/c1-16-10-5-4-8(7-9(10)12)14-11(15)3-2-6-13/h4-5,7H,2-3H2,1H3,(H,14,15). The van der Waals surface area contributed by atoms with E-state index in [-0.39, 0.29) is 24.5 Å². The summed E-state index contributed by atoms with van der Waals surface area (Å²) in [5.41, 5.74) is 0.348. The fourth-order valence-corrected chi connectivity index (χ4v) is 1.14. The van der Waals surface area contributed by atoms with Gasteiger partial charge < -0.3 is 10.1 Å². The number of halogens is 1. The van der Waals surface area contributed by atoms with Crippen LogP contribution in [-0.4, -0.2) is 13.0 Å². The number of nitriles is 1. The number of methoxy groups -OCH3 is 1. The summed E-state index contributed by atoms with van der Waals surface area (Å²) in [7, 11) is 1.36. The van der Waals surface area contributed by atoms with Gasteiger partial charge in [-0.15, -0.1) is 0 Å². The number of ether oxygens (including phenoxy) is 1. The number of rotatable bonds is 4. The minimum absolute atomic E-state index is 0.101. The molecule has 4 nitrogen and oxygen atoms in total. The molecule has 0 radical (unpaired) electrons. The Balaban J connectivity index is 2.65. The van der Waals surface area contributed by atoms with Gasteiger partial charge in [-0.25, -0.2) is 4.39 Å². The van der Waals surface area contributed by atoms with Crippen molar-refractivity contribution in [1.29, 1.82) is 5.26 Å². The van der Waals surface area contributed by atoms with Gasteiger partial charge in [0.1, 0.15) is 0 Å². The maximum Gasteiger partial charge on any atom is 0.225 e. The topological polar surface area (TPSA) is 62.1 Å². The minimum atomic E-state index is -0.541. The number of anilines is 1. The SMILES string of the molecule is COc1ccc(NC(=O)CCC#N)cc1F. The molecule has 0 spiro atoms. The highest BCUT2D eigenvalue weighted by atomic mass is 19.1. The lowest BCUT2D eigenvalue weighted by Gasteiger charge is -2.06. The molecule has 0 heterocycles. The van der Waals surface area contributed by atoms with Gasteiger partial charge in [-0.2, -0.15) is 5.26 Å². The van der Waals surface area contributed by atoms with Crippen molar-refractivity contribution < 1.29 is 13.9 Å². The molecule has 0 saturated carbocycles. The highest BCUT2D eigenvalue weighted by Gasteiger charge is 2.06. The second-order valence-electron chi connectivity index (χ2n) is 3.06. The first-order chi connectivity index (χ1) is 7.67. The molecular weight excluding hydrogens is 211 g/mol. The van der Waals surface area contributed by atoms with Crippen LogP contribution in [0.5, 0.6) is 5.75 Å². The molecule has 16 heavy (non-hydrogen) atoms. The van der Waals surface area contributed by atoms with E-state index in [9.17, 15) is 9.18 Å². The van der Waals surface area contributed by atoms with Crippen LogP contribution in [0.15, 0.2) is 18.2 Å². The Morgan fingerprint density at radius 1 is 1.62 bits per heavy atom. The maximum atomic E-state index is 13.2. The van der Waals surface area contributed by atoms with Crippen molar-refractivity contribution in [2.24, 2.45) is 0 Å². The summed E-state index contributed by atoms with van der Waals surface area (Å²) in [6, 6.07) is 5.99. The summed E-state index contributed by atoms with van der Waals surface area (Å²) in [4.78, 5) is 11.2. The number of carbonyl (C=O) groups excluding carboxylic acids is 1. The van der Waals surface area contributed by atoms with Crippen LogP contribution in [0.4, 0.5) is 10.1 Å².